The number of carbonyl (C=O) groups is 3. The summed E-state index contributed by atoms with van der Waals surface area (Å²) >= 11 is 15.6. The van der Waals surface area contributed by atoms with Gasteiger partial charge in [0.05, 0.1) is 29.8 Å². The van der Waals surface area contributed by atoms with E-state index in [2.05, 4.69) is 34.2 Å². The van der Waals surface area contributed by atoms with Gasteiger partial charge >= 0.3 is 5.97 Å². The van der Waals surface area contributed by atoms with Crippen LogP contribution in [0, 0.1) is 34.6 Å². The maximum atomic E-state index is 14.0. The first-order valence-electron chi connectivity index (χ1n) is 19.2. The van der Waals surface area contributed by atoms with Gasteiger partial charge in [-0.1, -0.05) is 47.5 Å². The van der Waals surface area contributed by atoms with Crippen LogP contribution in [0.1, 0.15) is 122 Å². The number of nitrogens with zero attached hydrogens (tertiary/aromatic N) is 8. The molecule has 2 atom stereocenters. The third-order valence-electron chi connectivity index (χ3n) is 10.8. The fourth-order valence-corrected chi connectivity index (χ4v) is 10.5. The van der Waals surface area contributed by atoms with E-state index < -0.39 is 18.1 Å². The van der Waals surface area contributed by atoms with Crippen LogP contribution in [0.15, 0.2) is 58.5 Å². The van der Waals surface area contributed by atoms with Crippen LogP contribution >= 0.6 is 45.9 Å². The molecule has 0 radical (unpaired) electrons. The van der Waals surface area contributed by atoms with E-state index >= 15 is 0 Å². The first kappa shape index (κ1) is 40.6. The zero-order valence-electron chi connectivity index (χ0n) is 33.3. The van der Waals surface area contributed by atoms with Gasteiger partial charge in [-0.05, 0) is 82.9 Å². The number of hydrogen-bond donors (Lipinski definition) is 0. The van der Waals surface area contributed by atoms with Crippen LogP contribution in [-0.4, -0.2) is 65.6 Å². The molecule has 302 valence electrons. The number of thiophene rings is 2. The summed E-state index contributed by atoms with van der Waals surface area (Å²) in [6.07, 6.45) is 1.73. The number of Topliss-reactive ketones (excluding diaryl/α,β-unsaturated/α-hetero) is 2. The van der Waals surface area contributed by atoms with E-state index in [1.165, 1.54) is 23.3 Å². The Balaban J connectivity index is 1.02. The number of unbranched alkanes of at least 4 members (excludes halogenated alkanes) is 1. The van der Waals surface area contributed by atoms with E-state index in [0.717, 1.165) is 54.9 Å². The number of aliphatic imine (C=N–C) groups is 2. The van der Waals surface area contributed by atoms with Gasteiger partial charge in [0.1, 0.15) is 39.5 Å². The van der Waals surface area contributed by atoms with E-state index in [9.17, 15) is 14.4 Å². The second-order valence-corrected chi connectivity index (χ2v) is 17.8. The summed E-state index contributed by atoms with van der Waals surface area (Å²) < 4.78 is 8.94. The van der Waals surface area contributed by atoms with Crippen molar-refractivity contribution in [3.8, 4) is 10.0 Å². The van der Waals surface area contributed by atoms with Crippen molar-refractivity contribution >= 4 is 74.8 Å². The zero-order valence-corrected chi connectivity index (χ0v) is 36.4. The van der Waals surface area contributed by atoms with Crippen molar-refractivity contribution < 1.29 is 19.1 Å². The highest BCUT2D eigenvalue weighted by molar-refractivity contribution is 7.17. The normalized spacial score (nSPS) is 15.6. The van der Waals surface area contributed by atoms with Crippen molar-refractivity contribution in [1.29, 1.82) is 0 Å². The Kier molecular flexibility index (Phi) is 11.3. The molecule has 0 amide bonds. The molecule has 0 N–H and O–H groups in total. The second kappa shape index (κ2) is 16.5. The Bertz CT molecular complexity index is 2710. The summed E-state index contributed by atoms with van der Waals surface area (Å²) in [5.41, 5.74) is 6.81. The summed E-state index contributed by atoms with van der Waals surface area (Å²) in [6, 6.07) is 13.7. The van der Waals surface area contributed by atoms with Gasteiger partial charge in [0.2, 0.25) is 0 Å². The molecule has 0 saturated carbocycles. The lowest BCUT2D eigenvalue weighted by Gasteiger charge is -2.12. The molecule has 2 aromatic carbocycles. The Morgan fingerprint density at radius 1 is 0.661 bits per heavy atom. The molecule has 6 heterocycles. The van der Waals surface area contributed by atoms with Gasteiger partial charge in [0.25, 0.3) is 0 Å². The molecule has 4 aromatic heterocycles. The third-order valence-corrected chi connectivity index (χ3v) is 13.9. The number of fused-ring (bicyclic) bond motifs is 6. The number of ether oxygens (including phenoxy) is 1. The van der Waals surface area contributed by atoms with Crippen LogP contribution in [0.3, 0.4) is 0 Å². The molecule has 0 aliphatic carbocycles. The smallest absolute Gasteiger partial charge is 0.308 e. The monoisotopic (exact) mass is 866 g/mol. The highest BCUT2D eigenvalue weighted by atomic mass is 35.5. The topological polar surface area (TPSA) is 147 Å². The Morgan fingerprint density at radius 3 is 1.69 bits per heavy atom. The van der Waals surface area contributed by atoms with Gasteiger partial charge in [-0.15, -0.1) is 43.1 Å². The largest absolute Gasteiger partial charge is 0.469 e. The summed E-state index contributed by atoms with van der Waals surface area (Å²) in [4.78, 5) is 52.4. The minimum atomic E-state index is -0.667. The van der Waals surface area contributed by atoms with Crippen molar-refractivity contribution in [2.45, 2.75) is 85.2 Å². The number of aryl methyl sites for hydroxylation is 3. The number of esters is 1. The average Bonchev–Trinajstić information content (AvgIpc) is 3.92. The standard InChI is InChI=1S/C43H40Cl2N8O4S2/c1-21-23(3)58-42-35(21)37(26-11-15-28(44)16-12-26)46-31(40-50-48-24(4)52(40)42)19-30(54)9-7-8-10-33(55)39-22(2)36-38(27-13-17-29(45)18-14-27)47-32(20-34(56)57-6)41-51-49-25(5)53(41)43(36)59-39/h11-18,31-32H,7-10,19-20H2,1-6H3/t31-,32-/m0/s1. The lowest BCUT2D eigenvalue weighted by Crippen LogP contribution is -2.12. The van der Waals surface area contributed by atoms with Gasteiger partial charge in [-0.25, -0.2) is 0 Å². The van der Waals surface area contributed by atoms with E-state index in [1.54, 1.807) is 23.5 Å². The molecule has 0 fully saturated rings. The molecule has 0 spiro atoms. The summed E-state index contributed by atoms with van der Waals surface area (Å²) in [6.45, 7) is 9.87. The van der Waals surface area contributed by atoms with Crippen LogP contribution in [0.2, 0.25) is 10.0 Å². The lowest BCUT2D eigenvalue weighted by atomic mass is 9.97. The molecule has 2 aliphatic heterocycles. The minimum Gasteiger partial charge on any atom is -0.469 e. The molecule has 0 unspecified atom stereocenters. The predicted octanol–water partition coefficient (Wildman–Crippen LogP) is 9.57. The number of carbonyl (C=O) groups excluding carboxylic acids is 3. The molecule has 8 rings (SSSR count). The molecule has 0 bridgehead atoms. The highest BCUT2D eigenvalue weighted by Crippen LogP contribution is 2.42. The Morgan fingerprint density at radius 2 is 1.15 bits per heavy atom. The van der Waals surface area contributed by atoms with E-state index in [-0.39, 0.29) is 30.8 Å². The Hall–Kier alpha value is -5.15. The van der Waals surface area contributed by atoms with Gasteiger partial charge in [-0.3, -0.25) is 33.5 Å². The van der Waals surface area contributed by atoms with Gasteiger partial charge in [0, 0.05) is 56.4 Å². The molecule has 6 aromatic rings. The molecular formula is C43H40Cl2N8O4S2. The van der Waals surface area contributed by atoms with Crippen LogP contribution in [0.25, 0.3) is 10.0 Å². The molecule has 2 aliphatic rings. The number of ketones is 2. The molecule has 0 saturated heterocycles. The summed E-state index contributed by atoms with van der Waals surface area (Å²) in [5, 5.41) is 20.7. The number of rotatable bonds is 12. The van der Waals surface area contributed by atoms with Crippen molar-refractivity contribution in [1.82, 2.24) is 29.5 Å². The molecular weight excluding hydrogens is 828 g/mol. The Labute approximate surface area is 359 Å². The van der Waals surface area contributed by atoms with Gasteiger partial charge in [0.15, 0.2) is 17.4 Å². The second-order valence-electron chi connectivity index (χ2n) is 14.7. The number of aromatic nitrogens is 6. The van der Waals surface area contributed by atoms with Gasteiger partial charge < -0.3 is 4.74 Å². The number of methoxy groups -OCH3 is 1. The average molecular weight is 868 g/mol. The first-order chi connectivity index (χ1) is 28.3. The van der Waals surface area contributed by atoms with Crippen LogP contribution in [0.5, 0.6) is 0 Å². The minimum absolute atomic E-state index is 0.0248. The number of benzene rings is 2. The SMILES string of the molecule is COC(=O)C[C@@H]1N=C(c2ccc(Cl)cc2)c2c(sc(C(=O)CCCCC(=O)C[C@@H]3N=C(c4ccc(Cl)cc4)c4c(sc(C)c4C)-n4c(C)nnc43)c2C)-n2c(C)nnc21. The third kappa shape index (κ3) is 7.63. The zero-order chi connectivity index (χ0) is 41.7. The van der Waals surface area contributed by atoms with Crippen molar-refractivity contribution in [3.05, 3.63) is 125 Å². The van der Waals surface area contributed by atoms with Crippen molar-refractivity contribution in [3.63, 3.8) is 0 Å². The number of halogens is 2. The highest BCUT2D eigenvalue weighted by Gasteiger charge is 2.35. The first-order valence-corrected chi connectivity index (χ1v) is 21.6. The quantitative estimate of drug-likeness (QED) is 0.0672. The van der Waals surface area contributed by atoms with E-state index in [0.29, 0.717) is 57.4 Å². The number of hydrogen-bond acceptors (Lipinski definition) is 12. The van der Waals surface area contributed by atoms with E-state index in [1.807, 2.05) is 66.3 Å². The fourth-order valence-electron chi connectivity index (χ4n) is 7.70. The fraction of sp³-hybridized carbons (Fsp3) is 0.326. The molecule has 16 heteroatoms. The van der Waals surface area contributed by atoms with E-state index in [4.69, 9.17) is 37.9 Å². The van der Waals surface area contributed by atoms with Crippen molar-refractivity contribution in [2.24, 2.45) is 9.98 Å². The predicted molar refractivity (Wildman–Crippen MR) is 231 cm³/mol. The molecule has 12 nitrogen and oxygen atoms in total. The lowest BCUT2D eigenvalue weighted by molar-refractivity contribution is -0.141. The maximum Gasteiger partial charge on any atom is 0.308 e. The van der Waals surface area contributed by atoms with Gasteiger partial charge in [-0.2, -0.15) is 0 Å². The molecule has 59 heavy (non-hydrogen) atoms. The summed E-state index contributed by atoms with van der Waals surface area (Å²) in [5.74, 6) is 2.04. The van der Waals surface area contributed by atoms with Crippen LogP contribution in [-0.2, 0) is 14.3 Å². The maximum absolute atomic E-state index is 14.0. The van der Waals surface area contributed by atoms with Crippen molar-refractivity contribution in [2.75, 3.05) is 7.11 Å². The van der Waals surface area contributed by atoms with Crippen LogP contribution in [0.4, 0.5) is 0 Å². The summed E-state index contributed by atoms with van der Waals surface area (Å²) in [7, 11) is 1.34. The van der Waals surface area contributed by atoms with Crippen LogP contribution < -0.4 is 0 Å².